The molecule has 0 aromatic heterocycles. The Morgan fingerprint density at radius 1 is 1.05 bits per heavy atom. The highest BCUT2D eigenvalue weighted by atomic mass is 16.5. The first-order chi connectivity index (χ1) is 10.7. The summed E-state index contributed by atoms with van der Waals surface area (Å²) in [5, 5.41) is 2.33. The van der Waals surface area contributed by atoms with E-state index in [9.17, 15) is 4.79 Å². The van der Waals surface area contributed by atoms with Gasteiger partial charge in [-0.15, -0.1) is 0 Å². The van der Waals surface area contributed by atoms with E-state index in [2.05, 4.69) is 25.1 Å². The van der Waals surface area contributed by atoms with Crippen molar-refractivity contribution in [3.05, 3.63) is 42.0 Å². The van der Waals surface area contributed by atoms with Crippen LogP contribution in [0.25, 0.3) is 10.8 Å². The van der Waals surface area contributed by atoms with Crippen molar-refractivity contribution in [2.75, 3.05) is 0 Å². The van der Waals surface area contributed by atoms with Crippen molar-refractivity contribution in [2.45, 2.75) is 51.9 Å². The summed E-state index contributed by atoms with van der Waals surface area (Å²) >= 11 is 0. The number of carbonyl (C=O) groups is 1. The SMILES string of the molecule is CCc1ccc2cc(OC(=O)CC3CCCCC3)ccc2c1. The van der Waals surface area contributed by atoms with Crippen LogP contribution in [0.3, 0.4) is 0 Å². The highest BCUT2D eigenvalue weighted by Crippen LogP contribution is 2.27. The first-order valence-corrected chi connectivity index (χ1v) is 8.48. The van der Waals surface area contributed by atoms with E-state index in [4.69, 9.17) is 4.74 Å². The van der Waals surface area contributed by atoms with Crippen LogP contribution in [0.1, 0.15) is 51.0 Å². The summed E-state index contributed by atoms with van der Waals surface area (Å²) < 4.78 is 5.54. The van der Waals surface area contributed by atoms with Crippen LogP contribution in [-0.4, -0.2) is 5.97 Å². The zero-order valence-corrected chi connectivity index (χ0v) is 13.3. The molecule has 3 rings (SSSR count). The third-order valence-electron chi connectivity index (χ3n) is 4.70. The van der Waals surface area contributed by atoms with Crippen LogP contribution in [0.5, 0.6) is 5.75 Å². The predicted molar refractivity (Wildman–Crippen MR) is 90.2 cm³/mol. The normalized spacial score (nSPS) is 15.9. The van der Waals surface area contributed by atoms with E-state index in [0.717, 1.165) is 11.8 Å². The second kappa shape index (κ2) is 6.95. The first-order valence-electron chi connectivity index (χ1n) is 8.48. The van der Waals surface area contributed by atoms with Gasteiger partial charge in [0.25, 0.3) is 0 Å². The number of esters is 1. The molecule has 2 heteroatoms. The van der Waals surface area contributed by atoms with E-state index >= 15 is 0 Å². The highest BCUT2D eigenvalue weighted by Gasteiger charge is 2.18. The Hall–Kier alpha value is -1.83. The first kappa shape index (κ1) is 15.1. The van der Waals surface area contributed by atoms with Gasteiger partial charge in [0.05, 0.1) is 0 Å². The zero-order valence-electron chi connectivity index (χ0n) is 13.3. The highest BCUT2D eigenvalue weighted by molar-refractivity contribution is 5.85. The molecule has 116 valence electrons. The molecule has 0 aliphatic heterocycles. The van der Waals surface area contributed by atoms with Gasteiger partial charge in [-0.2, -0.15) is 0 Å². The molecule has 2 aromatic rings. The monoisotopic (exact) mass is 296 g/mol. The van der Waals surface area contributed by atoms with E-state index in [0.29, 0.717) is 18.1 Å². The summed E-state index contributed by atoms with van der Waals surface area (Å²) in [5.41, 5.74) is 1.33. The number of hydrogen-bond acceptors (Lipinski definition) is 2. The van der Waals surface area contributed by atoms with Gasteiger partial charge in [0.2, 0.25) is 0 Å². The molecule has 22 heavy (non-hydrogen) atoms. The number of fused-ring (bicyclic) bond motifs is 1. The standard InChI is InChI=1S/C20H24O2/c1-2-15-8-9-18-14-19(11-10-17(18)12-15)22-20(21)13-16-6-4-3-5-7-16/h8-12,14,16H,2-7,13H2,1H3. The molecule has 0 spiro atoms. The van der Waals surface area contributed by atoms with E-state index in [1.807, 2.05) is 18.2 Å². The molecule has 1 saturated carbocycles. The van der Waals surface area contributed by atoms with Crippen molar-refractivity contribution in [3.63, 3.8) is 0 Å². The second-order valence-corrected chi connectivity index (χ2v) is 6.38. The van der Waals surface area contributed by atoms with Crippen LogP contribution in [0.15, 0.2) is 36.4 Å². The summed E-state index contributed by atoms with van der Waals surface area (Å²) in [4.78, 5) is 12.1. The number of benzene rings is 2. The van der Waals surface area contributed by atoms with Gasteiger partial charge in [-0.05, 0) is 53.6 Å². The summed E-state index contributed by atoms with van der Waals surface area (Å²) in [7, 11) is 0. The van der Waals surface area contributed by atoms with Gasteiger partial charge < -0.3 is 4.74 Å². The molecule has 0 N–H and O–H groups in total. The fraction of sp³-hybridized carbons (Fsp3) is 0.450. The molecule has 0 bridgehead atoms. The number of hydrogen-bond donors (Lipinski definition) is 0. The minimum absolute atomic E-state index is 0.0866. The fourth-order valence-corrected chi connectivity index (χ4v) is 3.36. The maximum absolute atomic E-state index is 12.1. The van der Waals surface area contributed by atoms with Crippen LogP contribution in [0, 0.1) is 5.92 Å². The molecule has 1 aliphatic rings. The van der Waals surface area contributed by atoms with Gasteiger partial charge >= 0.3 is 5.97 Å². The quantitative estimate of drug-likeness (QED) is 0.567. The van der Waals surface area contributed by atoms with Gasteiger partial charge in [-0.1, -0.05) is 50.5 Å². The van der Waals surface area contributed by atoms with Crippen LogP contribution < -0.4 is 4.74 Å². The molecule has 0 radical (unpaired) electrons. The van der Waals surface area contributed by atoms with Crippen molar-refractivity contribution in [3.8, 4) is 5.75 Å². The molecular weight excluding hydrogens is 272 g/mol. The van der Waals surface area contributed by atoms with Gasteiger partial charge in [-0.25, -0.2) is 0 Å². The smallest absolute Gasteiger partial charge is 0.311 e. The lowest BCUT2D eigenvalue weighted by Gasteiger charge is -2.20. The van der Waals surface area contributed by atoms with Crippen molar-refractivity contribution >= 4 is 16.7 Å². The van der Waals surface area contributed by atoms with Gasteiger partial charge in [-0.3, -0.25) is 4.79 Å². The molecular formula is C20H24O2. The Morgan fingerprint density at radius 3 is 2.55 bits per heavy atom. The minimum Gasteiger partial charge on any atom is -0.426 e. The summed E-state index contributed by atoms with van der Waals surface area (Å²) in [6.07, 6.45) is 7.78. The summed E-state index contributed by atoms with van der Waals surface area (Å²) in [6.45, 7) is 2.16. The molecule has 0 amide bonds. The van der Waals surface area contributed by atoms with Gasteiger partial charge in [0.1, 0.15) is 5.75 Å². The third-order valence-corrected chi connectivity index (χ3v) is 4.70. The average molecular weight is 296 g/mol. The Kier molecular flexibility index (Phi) is 4.77. The summed E-state index contributed by atoms with van der Waals surface area (Å²) in [5.74, 6) is 1.10. The van der Waals surface area contributed by atoms with Crippen molar-refractivity contribution in [2.24, 2.45) is 5.92 Å². The number of rotatable bonds is 4. The largest absolute Gasteiger partial charge is 0.426 e. The molecule has 2 nitrogen and oxygen atoms in total. The Labute approximate surface area is 132 Å². The van der Waals surface area contributed by atoms with E-state index < -0.39 is 0 Å². The average Bonchev–Trinajstić information content (AvgIpc) is 2.55. The van der Waals surface area contributed by atoms with E-state index in [1.165, 1.54) is 43.1 Å². The lowest BCUT2D eigenvalue weighted by Crippen LogP contribution is -2.16. The minimum atomic E-state index is -0.0866. The Bertz CT molecular complexity index is 654. The molecule has 1 aliphatic carbocycles. The molecule has 1 fully saturated rings. The zero-order chi connectivity index (χ0) is 15.4. The summed E-state index contributed by atoms with van der Waals surface area (Å²) in [6, 6.07) is 12.3. The number of carbonyl (C=O) groups excluding carboxylic acids is 1. The third kappa shape index (κ3) is 3.68. The fourth-order valence-electron chi connectivity index (χ4n) is 3.36. The maximum Gasteiger partial charge on any atom is 0.311 e. The number of aryl methyl sites for hydroxylation is 1. The molecule has 0 atom stereocenters. The maximum atomic E-state index is 12.1. The van der Waals surface area contributed by atoms with Crippen molar-refractivity contribution < 1.29 is 9.53 Å². The molecule has 0 heterocycles. The topological polar surface area (TPSA) is 26.3 Å². The lowest BCUT2D eigenvalue weighted by molar-refractivity contribution is -0.135. The van der Waals surface area contributed by atoms with Crippen molar-refractivity contribution in [1.82, 2.24) is 0 Å². The van der Waals surface area contributed by atoms with Crippen LogP contribution in [0.2, 0.25) is 0 Å². The molecule has 0 unspecified atom stereocenters. The number of ether oxygens (including phenoxy) is 1. The molecule has 0 saturated heterocycles. The Balaban J connectivity index is 1.66. The van der Waals surface area contributed by atoms with Gasteiger partial charge in [0, 0.05) is 6.42 Å². The Morgan fingerprint density at radius 2 is 1.77 bits per heavy atom. The second-order valence-electron chi connectivity index (χ2n) is 6.38. The van der Waals surface area contributed by atoms with Crippen LogP contribution in [0.4, 0.5) is 0 Å². The predicted octanol–water partition coefficient (Wildman–Crippen LogP) is 5.28. The van der Waals surface area contributed by atoms with Crippen LogP contribution in [-0.2, 0) is 11.2 Å². The van der Waals surface area contributed by atoms with E-state index in [-0.39, 0.29) is 5.97 Å². The molecule has 2 aromatic carbocycles. The lowest BCUT2D eigenvalue weighted by atomic mass is 9.87. The van der Waals surface area contributed by atoms with Gasteiger partial charge in [0.15, 0.2) is 0 Å². The van der Waals surface area contributed by atoms with Crippen LogP contribution >= 0.6 is 0 Å². The van der Waals surface area contributed by atoms with E-state index in [1.54, 1.807) is 0 Å². The van der Waals surface area contributed by atoms with Crippen molar-refractivity contribution in [1.29, 1.82) is 0 Å².